The van der Waals surface area contributed by atoms with Crippen LogP contribution in [0, 0.1) is 0 Å². The molecule has 0 rings (SSSR count). The summed E-state index contributed by atoms with van der Waals surface area (Å²) in [7, 11) is 0. The molecule has 0 aromatic heterocycles. The summed E-state index contributed by atoms with van der Waals surface area (Å²) in [5.41, 5.74) is 0. The lowest BCUT2D eigenvalue weighted by Gasteiger charge is -2.18. The van der Waals surface area contributed by atoms with Crippen LogP contribution in [0.15, 0.2) is 109 Å². The zero-order valence-electron chi connectivity index (χ0n) is 36.3. The average molecular weight is 789 g/mol. The summed E-state index contributed by atoms with van der Waals surface area (Å²) in [5.74, 6) is -1.13. The number of hydrogen-bond acceptors (Lipinski definition) is 6. The van der Waals surface area contributed by atoms with Gasteiger partial charge in [0, 0.05) is 12.8 Å². The van der Waals surface area contributed by atoms with Crippen molar-refractivity contribution in [3.63, 3.8) is 0 Å². The smallest absolute Gasteiger partial charge is 0.309 e. The second-order valence-electron chi connectivity index (χ2n) is 14.2. The fourth-order valence-corrected chi connectivity index (χ4v) is 5.54. The number of carbonyl (C=O) groups excluding carboxylic acids is 3. The number of hydrogen-bond donors (Lipinski definition) is 0. The summed E-state index contributed by atoms with van der Waals surface area (Å²) < 4.78 is 16.5. The van der Waals surface area contributed by atoms with E-state index >= 15 is 0 Å². The maximum absolute atomic E-state index is 12.6. The molecule has 0 N–H and O–H groups in total. The van der Waals surface area contributed by atoms with E-state index in [9.17, 15) is 14.4 Å². The second kappa shape index (κ2) is 44.8. The van der Waals surface area contributed by atoms with Gasteiger partial charge in [-0.3, -0.25) is 14.4 Å². The molecule has 0 aromatic carbocycles. The Morgan fingerprint density at radius 1 is 0.368 bits per heavy atom. The van der Waals surface area contributed by atoms with Gasteiger partial charge in [-0.15, -0.1) is 0 Å². The van der Waals surface area contributed by atoms with Crippen LogP contribution in [0.3, 0.4) is 0 Å². The van der Waals surface area contributed by atoms with E-state index in [1.807, 2.05) is 6.08 Å². The highest BCUT2D eigenvalue weighted by Gasteiger charge is 2.19. The zero-order chi connectivity index (χ0) is 41.5. The third-order valence-corrected chi connectivity index (χ3v) is 8.79. The van der Waals surface area contributed by atoms with Crippen molar-refractivity contribution in [2.75, 3.05) is 13.2 Å². The first-order valence-electron chi connectivity index (χ1n) is 22.4. The molecule has 1 unspecified atom stereocenters. The van der Waals surface area contributed by atoms with Crippen LogP contribution in [-0.4, -0.2) is 37.2 Å². The minimum Gasteiger partial charge on any atom is -0.462 e. The van der Waals surface area contributed by atoms with Gasteiger partial charge in [0.25, 0.3) is 0 Å². The molecule has 0 amide bonds. The van der Waals surface area contributed by atoms with Gasteiger partial charge in [0.2, 0.25) is 0 Å². The van der Waals surface area contributed by atoms with Gasteiger partial charge in [0.1, 0.15) is 13.2 Å². The fraction of sp³-hybridized carbons (Fsp3) is 0.588. The third kappa shape index (κ3) is 43.0. The first kappa shape index (κ1) is 53.1. The highest BCUT2D eigenvalue weighted by Crippen LogP contribution is 2.13. The Morgan fingerprint density at radius 3 is 1.19 bits per heavy atom. The van der Waals surface area contributed by atoms with Crippen molar-refractivity contribution in [2.24, 2.45) is 0 Å². The van der Waals surface area contributed by atoms with Gasteiger partial charge in [-0.05, 0) is 89.9 Å². The number of allylic oxidation sites excluding steroid dienone is 17. The topological polar surface area (TPSA) is 78.9 Å². The Labute approximate surface area is 349 Å². The molecular formula is C51H80O6. The Kier molecular flexibility index (Phi) is 41.7. The summed E-state index contributed by atoms with van der Waals surface area (Å²) in [6, 6.07) is 0. The third-order valence-electron chi connectivity index (χ3n) is 8.79. The van der Waals surface area contributed by atoms with Crippen molar-refractivity contribution in [3.05, 3.63) is 109 Å². The van der Waals surface area contributed by atoms with Crippen LogP contribution in [0.5, 0.6) is 0 Å². The number of rotatable bonds is 38. The van der Waals surface area contributed by atoms with Crippen LogP contribution in [0.4, 0.5) is 0 Å². The van der Waals surface area contributed by atoms with E-state index in [1.165, 1.54) is 38.5 Å². The van der Waals surface area contributed by atoms with Crippen molar-refractivity contribution in [3.8, 4) is 0 Å². The average Bonchev–Trinajstić information content (AvgIpc) is 3.21. The lowest BCUT2D eigenvalue weighted by Crippen LogP contribution is -2.30. The van der Waals surface area contributed by atoms with E-state index in [0.29, 0.717) is 12.8 Å². The predicted octanol–water partition coefficient (Wildman–Crippen LogP) is 14.4. The summed E-state index contributed by atoms with van der Waals surface area (Å²) in [4.78, 5) is 37.6. The summed E-state index contributed by atoms with van der Waals surface area (Å²) in [6.45, 7) is 6.11. The summed E-state index contributed by atoms with van der Waals surface area (Å²) in [6.07, 6.45) is 59.8. The number of unbranched alkanes of at least 4 members (excludes halogenated alkanes) is 10. The Hall–Kier alpha value is -3.93. The van der Waals surface area contributed by atoms with Crippen molar-refractivity contribution in [2.45, 2.75) is 181 Å². The maximum Gasteiger partial charge on any atom is 0.309 e. The zero-order valence-corrected chi connectivity index (χ0v) is 36.3. The Morgan fingerprint density at radius 2 is 0.719 bits per heavy atom. The lowest BCUT2D eigenvalue weighted by atomic mass is 10.1. The van der Waals surface area contributed by atoms with Crippen LogP contribution in [-0.2, 0) is 28.6 Å². The normalized spacial score (nSPS) is 13.1. The molecule has 0 heterocycles. The van der Waals surface area contributed by atoms with Crippen molar-refractivity contribution in [1.82, 2.24) is 0 Å². The van der Waals surface area contributed by atoms with E-state index in [-0.39, 0.29) is 32.0 Å². The second-order valence-corrected chi connectivity index (χ2v) is 14.2. The molecule has 1 atom stereocenters. The highest BCUT2D eigenvalue weighted by atomic mass is 16.6. The van der Waals surface area contributed by atoms with Gasteiger partial charge in [0.05, 0.1) is 6.42 Å². The van der Waals surface area contributed by atoms with Crippen molar-refractivity contribution in [1.29, 1.82) is 0 Å². The monoisotopic (exact) mass is 789 g/mol. The number of carbonyl (C=O) groups is 3. The van der Waals surface area contributed by atoms with Gasteiger partial charge in [0.15, 0.2) is 6.10 Å². The SMILES string of the molecule is CC/C=C\C/C=C\C/C=C\CCCCCCCCCCCC(=O)OCC(COC(=O)C/C=C\C/C=C\C/C=C\CC)OC(=O)CCC/C=C\C/C=C\C/C=C\CC. The van der Waals surface area contributed by atoms with Crippen molar-refractivity contribution < 1.29 is 28.6 Å². The molecule has 57 heavy (non-hydrogen) atoms. The highest BCUT2D eigenvalue weighted by molar-refractivity contribution is 5.72. The van der Waals surface area contributed by atoms with Crippen LogP contribution in [0.2, 0.25) is 0 Å². The molecule has 6 nitrogen and oxygen atoms in total. The molecular weight excluding hydrogens is 709 g/mol. The molecule has 0 aliphatic rings. The Bertz CT molecular complexity index is 1230. The molecule has 320 valence electrons. The van der Waals surface area contributed by atoms with Gasteiger partial charge >= 0.3 is 17.9 Å². The predicted molar refractivity (Wildman–Crippen MR) is 242 cm³/mol. The van der Waals surface area contributed by atoms with Gasteiger partial charge in [-0.2, -0.15) is 0 Å². The van der Waals surface area contributed by atoms with Crippen LogP contribution < -0.4 is 0 Å². The minimum absolute atomic E-state index is 0.120. The molecule has 0 bridgehead atoms. The quantitative estimate of drug-likeness (QED) is 0.0268. The van der Waals surface area contributed by atoms with Crippen molar-refractivity contribution >= 4 is 17.9 Å². The van der Waals surface area contributed by atoms with E-state index in [2.05, 4.69) is 118 Å². The van der Waals surface area contributed by atoms with Gasteiger partial charge in [-0.1, -0.05) is 175 Å². The molecule has 0 aliphatic heterocycles. The molecule has 0 saturated heterocycles. The number of esters is 3. The summed E-state index contributed by atoms with van der Waals surface area (Å²) >= 11 is 0. The van der Waals surface area contributed by atoms with E-state index in [4.69, 9.17) is 14.2 Å². The fourth-order valence-electron chi connectivity index (χ4n) is 5.54. The minimum atomic E-state index is -0.841. The molecule has 0 fully saturated rings. The van der Waals surface area contributed by atoms with Gasteiger partial charge in [-0.25, -0.2) is 0 Å². The molecule has 0 spiro atoms. The standard InChI is InChI=1S/C51H80O6/c1-4-7-10-13-16-19-21-22-23-24-25-26-27-28-30-32-35-38-41-44-50(53)56-47-48(46-55-49(52)43-40-37-34-31-18-15-12-9-6-3)57-51(54)45-42-39-36-33-29-20-17-14-11-8-5-2/h7-12,16-20,22-23,31,33,36-37,40,48H,4-6,13-15,21,24-30,32,34-35,38-39,41-47H2,1-3H3/b10-7-,11-8-,12-9-,19-16-,20-17-,23-22-,31-18-,36-33-,40-37-. The van der Waals surface area contributed by atoms with Crippen LogP contribution in [0.25, 0.3) is 0 Å². The largest absolute Gasteiger partial charge is 0.462 e. The van der Waals surface area contributed by atoms with Crippen LogP contribution >= 0.6 is 0 Å². The van der Waals surface area contributed by atoms with E-state index < -0.39 is 18.0 Å². The first-order chi connectivity index (χ1) is 28.0. The van der Waals surface area contributed by atoms with Crippen LogP contribution in [0.1, 0.15) is 175 Å². The Balaban J connectivity index is 4.42. The van der Waals surface area contributed by atoms with E-state index in [1.54, 1.807) is 6.08 Å². The number of ether oxygens (including phenoxy) is 3. The molecule has 6 heteroatoms. The maximum atomic E-state index is 12.6. The molecule has 0 aliphatic carbocycles. The summed E-state index contributed by atoms with van der Waals surface area (Å²) in [5, 5.41) is 0. The van der Waals surface area contributed by atoms with Gasteiger partial charge < -0.3 is 14.2 Å². The lowest BCUT2D eigenvalue weighted by molar-refractivity contribution is -0.166. The molecule has 0 aromatic rings. The first-order valence-corrected chi connectivity index (χ1v) is 22.4. The molecule has 0 saturated carbocycles. The van der Waals surface area contributed by atoms with E-state index in [0.717, 1.165) is 89.9 Å². The molecule has 0 radical (unpaired) electrons.